The third-order valence-corrected chi connectivity index (χ3v) is 2.25. The molecule has 0 amide bonds. The summed E-state index contributed by atoms with van der Waals surface area (Å²) in [5.74, 6) is -2.67. The first-order valence-corrected chi connectivity index (χ1v) is 5.37. The fourth-order valence-corrected chi connectivity index (χ4v) is 1.54. The summed E-state index contributed by atoms with van der Waals surface area (Å²) in [6, 6.07) is -0.129. The Bertz CT molecular complexity index is 500. The van der Waals surface area contributed by atoms with E-state index in [0.717, 1.165) is 0 Å². The van der Waals surface area contributed by atoms with E-state index in [-0.39, 0.29) is 12.7 Å². The van der Waals surface area contributed by atoms with Crippen molar-refractivity contribution in [3.63, 3.8) is 0 Å². The third kappa shape index (κ3) is 3.84. The lowest BCUT2D eigenvalue weighted by Gasteiger charge is -2.15. The van der Waals surface area contributed by atoms with Gasteiger partial charge < -0.3 is 4.74 Å². The standard InChI is InChI=1S/C11H9F6NO2/c1-2-20-8(19)4-6-9(10(13)14)5(11(15,16)17)3-7(12)18-6/h3,10H,2,4H2,1H3. The molecule has 0 atom stereocenters. The summed E-state index contributed by atoms with van der Waals surface area (Å²) in [5, 5.41) is 0. The van der Waals surface area contributed by atoms with Gasteiger partial charge in [0.25, 0.3) is 6.43 Å². The lowest BCUT2D eigenvalue weighted by Crippen LogP contribution is -2.17. The van der Waals surface area contributed by atoms with E-state index in [2.05, 4.69) is 9.72 Å². The average Bonchev–Trinajstić information content (AvgIpc) is 2.26. The van der Waals surface area contributed by atoms with E-state index >= 15 is 0 Å². The first kappa shape index (κ1) is 16.3. The van der Waals surface area contributed by atoms with Crippen molar-refractivity contribution in [3.8, 4) is 0 Å². The van der Waals surface area contributed by atoms with Gasteiger partial charge in [0.15, 0.2) is 0 Å². The number of pyridine rings is 1. The molecule has 0 N–H and O–H groups in total. The predicted octanol–water partition coefficient (Wildman–Crippen LogP) is 3.28. The van der Waals surface area contributed by atoms with Crippen molar-refractivity contribution >= 4 is 5.97 Å². The molecular weight excluding hydrogens is 292 g/mol. The molecule has 1 heterocycles. The van der Waals surface area contributed by atoms with Crippen LogP contribution in [0.25, 0.3) is 0 Å². The smallest absolute Gasteiger partial charge is 0.417 e. The van der Waals surface area contributed by atoms with Gasteiger partial charge in [0.2, 0.25) is 5.95 Å². The van der Waals surface area contributed by atoms with Crippen LogP contribution in [0, 0.1) is 5.95 Å². The Kier molecular flexibility index (Phi) is 4.96. The first-order valence-electron chi connectivity index (χ1n) is 5.37. The highest BCUT2D eigenvalue weighted by atomic mass is 19.4. The van der Waals surface area contributed by atoms with Gasteiger partial charge in [-0.25, -0.2) is 13.8 Å². The topological polar surface area (TPSA) is 39.2 Å². The van der Waals surface area contributed by atoms with Crippen LogP contribution < -0.4 is 0 Å². The zero-order valence-corrected chi connectivity index (χ0v) is 10.1. The first-order chi connectivity index (χ1) is 9.16. The van der Waals surface area contributed by atoms with Gasteiger partial charge in [-0.05, 0) is 6.92 Å². The van der Waals surface area contributed by atoms with Gasteiger partial charge in [0.1, 0.15) is 0 Å². The molecule has 1 aromatic rings. The molecule has 112 valence electrons. The van der Waals surface area contributed by atoms with Gasteiger partial charge in [0.05, 0.1) is 29.8 Å². The van der Waals surface area contributed by atoms with Crippen molar-refractivity contribution in [1.82, 2.24) is 4.98 Å². The summed E-state index contributed by atoms with van der Waals surface area (Å²) < 4.78 is 80.8. The molecule has 0 aliphatic heterocycles. The lowest BCUT2D eigenvalue weighted by atomic mass is 10.0. The molecule has 9 heteroatoms. The number of halogens is 6. The van der Waals surface area contributed by atoms with Crippen LogP contribution in [-0.2, 0) is 22.1 Å². The fourth-order valence-electron chi connectivity index (χ4n) is 1.54. The second-order valence-electron chi connectivity index (χ2n) is 3.63. The van der Waals surface area contributed by atoms with Gasteiger partial charge in [-0.3, -0.25) is 4.79 Å². The third-order valence-electron chi connectivity index (χ3n) is 2.25. The number of aromatic nitrogens is 1. The molecule has 1 aromatic heterocycles. The lowest BCUT2D eigenvalue weighted by molar-refractivity contribution is -0.143. The van der Waals surface area contributed by atoms with Crippen LogP contribution in [-0.4, -0.2) is 17.6 Å². The molecule has 0 fully saturated rings. The number of hydrogen-bond acceptors (Lipinski definition) is 3. The van der Waals surface area contributed by atoms with Gasteiger partial charge >= 0.3 is 12.1 Å². The Hall–Kier alpha value is -1.80. The number of carbonyl (C=O) groups is 1. The molecule has 0 saturated carbocycles. The number of ether oxygens (including phenoxy) is 1. The highest BCUT2D eigenvalue weighted by Crippen LogP contribution is 2.38. The minimum atomic E-state index is -5.18. The summed E-state index contributed by atoms with van der Waals surface area (Å²) in [4.78, 5) is 14.1. The maximum absolute atomic E-state index is 13.0. The number of esters is 1. The minimum Gasteiger partial charge on any atom is -0.466 e. The summed E-state index contributed by atoms with van der Waals surface area (Å²) >= 11 is 0. The normalized spacial score (nSPS) is 11.8. The molecule has 3 nitrogen and oxygen atoms in total. The Morgan fingerprint density at radius 2 is 2.00 bits per heavy atom. The Morgan fingerprint density at radius 1 is 1.40 bits per heavy atom. The van der Waals surface area contributed by atoms with Crippen LogP contribution in [0.2, 0.25) is 0 Å². The highest BCUT2D eigenvalue weighted by molar-refractivity contribution is 5.72. The summed E-state index contributed by atoms with van der Waals surface area (Å²) in [6.07, 6.45) is -9.70. The summed E-state index contributed by atoms with van der Waals surface area (Å²) in [6.45, 7) is 1.33. The molecule has 1 rings (SSSR count). The molecule has 0 aromatic carbocycles. The van der Waals surface area contributed by atoms with E-state index in [0.29, 0.717) is 0 Å². The van der Waals surface area contributed by atoms with Crippen LogP contribution in [0.5, 0.6) is 0 Å². The number of nitrogens with zero attached hydrogens (tertiary/aromatic N) is 1. The monoisotopic (exact) mass is 301 g/mol. The zero-order valence-electron chi connectivity index (χ0n) is 10.1. The maximum atomic E-state index is 13.0. The van der Waals surface area contributed by atoms with E-state index in [9.17, 15) is 31.1 Å². The molecule has 0 bridgehead atoms. The van der Waals surface area contributed by atoms with Crippen LogP contribution in [0.15, 0.2) is 6.07 Å². The van der Waals surface area contributed by atoms with Gasteiger partial charge in [-0.15, -0.1) is 0 Å². The summed E-state index contributed by atoms with van der Waals surface area (Å²) in [7, 11) is 0. The number of carbonyl (C=O) groups excluding carboxylic acids is 1. The molecule has 0 aliphatic rings. The number of alkyl halides is 5. The van der Waals surface area contributed by atoms with E-state index in [1.165, 1.54) is 6.92 Å². The van der Waals surface area contributed by atoms with E-state index in [1.54, 1.807) is 0 Å². The maximum Gasteiger partial charge on any atom is 0.417 e. The fraction of sp³-hybridized carbons (Fsp3) is 0.455. The predicted molar refractivity (Wildman–Crippen MR) is 54.5 cm³/mol. The van der Waals surface area contributed by atoms with Crippen molar-refractivity contribution in [1.29, 1.82) is 0 Å². The zero-order chi connectivity index (χ0) is 15.5. The summed E-state index contributed by atoms with van der Waals surface area (Å²) in [5.41, 5.74) is -4.34. The number of rotatable bonds is 4. The van der Waals surface area contributed by atoms with Crippen LogP contribution >= 0.6 is 0 Å². The van der Waals surface area contributed by atoms with Gasteiger partial charge in [-0.2, -0.15) is 17.6 Å². The molecule has 0 spiro atoms. The van der Waals surface area contributed by atoms with Gasteiger partial charge in [0, 0.05) is 6.07 Å². The molecule has 0 radical (unpaired) electrons. The average molecular weight is 301 g/mol. The SMILES string of the molecule is CCOC(=O)Cc1nc(F)cc(C(F)(F)F)c1C(F)F. The van der Waals surface area contributed by atoms with Crippen LogP contribution in [0.4, 0.5) is 26.3 Å². The van der Waals surface area contributed by atoms with Crippen molar-refractivity contribution in [2.24, 2.45) is 0 Å². The second-order valence-corrected chi connectivity index (χ2v) is 3.63. The van der Waals surface area contributed by atoms with E-state index in [4.69, 9.17) is 0 Å². The largest absolute Gasteiger partial charge is 0.466 e. The van der Waals surface area contributed by atoms with E-state index in [1.807, 2.05) is 0 Å². The molecular formula is C11H9F6NO2. The van der Waals surface area contributed by atoms with Gasteiger partial charge in [-0.1, -0.05) is 0 Å². The number of hydrogen-bond donors (Lipinski definition) is 0. The Morgan fingerprint density at radius 3 is 2.45 bits per heavy atom. The minimum absolute atomic E-state index is 0.0930. The highest BCUT2D eigenvalue weighted by Gasteiger charge is 2.38. The molecule has 0 saturated heterocycles. The van der Waals surface area contributed by atoms with Crippen LogP contribution in [0.3, 0.4) is 0 Å². The Labute approximate surface area is 109 Å². The second kappa shape index (κ2) is 6.10. The van der Waals surface area contributed by atoms with Crippen molar-refractivity contribution in [3.05, 3.63) is 28.8 Å². The van der Waals surface area contributed by atoms with Crippen molar-refractivity contribution in [2.75, 3.05) is 6.61 Å². The quantitative estimate of drug-likeness (QED) is 0.487. The molecule has 0 unspecified atom stereocenters. The van der Waals surface area contributed by atoms with Crippen LogP contribution in [0.1, 0.15) is 30.2 Å². The molecule has 0 aliphatic carbocycles. The molecule has 20 heavy (non-hydrogen) atoms. The van der Waals surface area contributed by atoms with Crippen molar-refractivity contribution in [2.45, 2.75) is 25.9 Å². The Balaban J connectivity index is 3.35. The van der Waals surface area contributed by atoms with E-state index < -0.39 is 47.8 Å². The van der Waals surface area contributed by atoms with Crippen molar-refractivity contribution < 1.29 is 35.9 Å².